The molecule has 0 aliphatic heterocycles. The summed E-state index contributed by atoms with van der Waals surface area (Å²) in [7, 11) is -4.27. The minimum Gasteiger partial charge on any atom is -0.403 e. The number of anilines is 1. The Hall–Kier alpha value is -3.33. The Labute approximate surface area is 267 Å². The van der Waals surface area contributed by atoms with E-state index in [0.717, 1.165) is 22.5 Å². The molecule has 4 aromatic rings. The van der Waals surface area contributed by atoms with E-state index in [-0.39, 0.29) is 40.5 Å². The highest BCUT2D eigenvalue weighted by atomic mass is 35.5. The van der Waals surface area contributed by atoms with Gasteiger partial charge in [-0.15, -0.1) is 0 Å². The highest BCUT2D eigenvalue weighted by Crippen LogP contribution is 2.52. The van der Waals surface area contributed by atoms with Crippen LogP contribution in [0.2, 0.25) is 5.02 Å². The zero-order chi connectivity index (χ0) is 32.1. The van der Waals surface area contributed by atoms with Crippen molar-refractivity contribution in [3.63, 3.8) is 0 Å². The molecule has 44 heavy (non-hydrogen) atoms. The van der Waals surface area contributed by atoms with Gasteiger partial charge in [0.25, 0.3) is 5.91 Å². The fourth-order valence-corrected chi connectivity index (χ4v) is 6.65. The molecular formula is C33H36ClN2O6PS. The molecular weight excluding hydrogens is 619 g/mol. The van der Waals surface area contributed by atoms with Crippen LogP contribution in [0.4, 0.5) is 5.13 Å². The molecule has 8 nitrogen and oxygen atoms in total. The maximum absolute atomic E-state index is 14.0. The Morgan fingerprint density at radius 2 is 1.41 bits per heavy atom. The first-order valence-corrected chi connectivity index (χ1v) is 16.6. The van der Waals surface area contributed by atoms with Gasteiger partial charge in [0, 0.05) is 15.9 Å². The second-order valence-corrected chi connectivity index (χ2v) is 15.2. The molecule has 232 valence electrons. The van der Waals surface area contributed by atoms with Crippen molar-refractivity contribution < 1.29 is 27.7 Å². The van der Waals surface area contributed by atoms with E-state index in [1.54, 1.807) is 0 Å². The Balaban J connectivity index is 1.63. The van der Waals surface area contributed by atoms with E-state index in [0.29, 0.717) is 10.6 Å². The fourth-order valence-electron chi connectivity index (χ4n) is 3.97. The number of Topliss-reactive ketones (excluding diaryl/α,β-unsaturated/α-hetero) is 1. The summed E-state index contributed by atoms with van der Waals surface area (Å²) < 4.78 is 31.3. The number of hydrogen-bond donors (Lipinski definition) is 1. The maximum atomic E-state index is 14.0. The molecule has 1 amide bonds. The van der Waals surface area contributed by atoms with Crippen LogP contribution in [0.3, 0.4) is 0 Å². The van der Waals surface area contributed by atoms with Crippen LogP contribution in [0.5, 0.6) is 5.75 Å². The maximum Gasteiger partial charge on any atom is 0.530 e. The van der Waals surface area contributed by atoms with E-state index in [1.165, 1.54) is 18.2 Å². The van der Waals surface area contributed by atoms with Gasteiger partial charge in [0.1, 0.15) is 5.75 Å². The van der Waals surface area contributed by atoms with Gasteiger partial charge in [-0.2, -0.15) is 0 Å². The second-order valence-electron chi connectivity index (χ2n) is 12.2. The molecule has 0 fully saturated rings. The van der Waals surface area contributed by atoms with Crippen molar-refractivity contribution in [2.24, 2.45) is 5.41 Å². The third kappa shape index (κ3) is 8.87. The summed E-state index contributed by atoms with van der Waals surface area (Å²) in [6.07, 6.45) is 0. The lowest BCUT2D eigenvalue weighted by molar-refractivity contribution is 0.0860. The van der Waals surface area contributed by atoms with Crippen molar-refractivity contribution in [3.05, 3.63) is 111 Å². The molecule has 1 N–H and O–H groups in total. The number of amides is 1. The molecule has 0 bridgehead atoms. The molecule has 0 saturated heterocycles. The highest BCUT2D eigenvalue weighted by molar-refractivity contribution is 7.48. The average molecular weight is 655 g/mol. The van der Waals surface area contributed by atoms with Crippen molar-refractivity contribution in [1.82, 2.24) is 4.98 Å². The van der Waals surface area contributed by atoms with Crippen molar-refractivity contribution in [2.45, 2.75) is 60.2 Å². The molecule has 4 rings (SSSR count). The Kier molecular flexibility index (Phi) is 10.5. The number of thiazole rings is 1. The third-order valence-corrected chi connectivity index (χ3v) is 8.82. The van der Waals surface area contributed by atoms with Gasteiger partial charge in [-0.05, 0) is 29.3 Å². The normalized spacial score (nSPS) is 12.2. The van der Waals surface area contributed by atoms with E-state index in [4.69, 9.17) is 25.2 Å². The van der Waals surface area contributed by atoms with Crippen molar-refractivity contribution >= 4 is 47.6 Å². The number of carbonyl (C=O) groups is 2. The Bertz CT molecular complexity index is 1620. The van der Waals surface area contributed by atoms with E-state index in [2.05, 4.69) is 10.3 Å². The molecule has 0 atom stereocenters. The predicted octanol–water partition coefficient (Wildman–Crippen LogP) is 9.50. The summed E-state index contributed by atoms with van der Waals surface area (Å²) >= 11 is 7.38. The van der Waals surface area contributed by atoms with E-state index >= 15 is 0 Å². The van der Waals surface area contributed by atoms with Gasteiger partial charge in [-0.25, -0.2) is 9.55 Å². The minimum atomic E-state index is -4.27. The van der Waals surface area contributed by atoms with Crippen LogP contribution in [-0.4, -0.2) is 16.7 Å². The number of phosphoric ester groups is 1. The lowest BCUT2D eigenvalue weighted by Gasteiger charge is -2.21. The number of halogens is 1. The smallest absolute Gasteiger partial charge is 0.403 e. The van der Waals surface area contributed by atoms with Crippen LogP contribution < -0.4 is 9.84 Å². The molecule has 11 heteroatoms. The summed E-state index contributed by atoms with van der Waals surface area (Å²) in [6, 6.07) is 22.7. The topological polar surface area (TPSA) is 104 Å². The van der Waals surface area contributed by atoms with Gasteiger partial charge >= 0.3 is 7.82 Å². The lowest BCUT2D eigenvalue weighted by atomic mass is 9.84. The number of carbonyl (C=O) groups excluding carboxylic acids is 2. The van der Waals surface area contributed by atoms with Crippen molar-refractivity contribution in [2.75, 3.05) is 5.32 Å². The van der Waals surface area contributed by atoms with Gasteiger partial charge in [-0.3, -0.25) is 24.0 Å². The van der Waals surface area contributed by atoms with Crippen LogP contribution in [0.1, 0.15) is 78.4 Å². The monoisotopic (exact) mass is 654 g/mol. The molecule has 0 saturated carbocycles. The number of rotatable bonds is 11. The van der Waals surface area contributed by atoms with Crippen LogP contribution in [0.15, 0.2) is 78.9 Å². The van der Waals surface area contributed by atoms with E-state index < -0.39 is 24.6 Å². The first-order chi connectivity index (χ1) is 20.6. The summed E-state index contributed by atoms with van der Waals surface area (Å²) in [5.41, 5.74) is 1.01. The number of nitrogens with zero attached hydrogens (tertiary/aromatic N) is 1. The average Bonchev–Trinajstić information content (AvgIpc) is 3.40. The Morgan fingerprint density at radius 1 is 0.864 bits per heavy atom. The van der Waals surface area contributed by atoms with Gasteiger partial charge < -0.3 is 4.52 Å². The number of phosphoric acid groups is 1. The molecule has 0 spiro atoms. The number of benzene rings is 3. The third-order valence-electron chi connectivity index (χ3n) is 6.31. The predicted molar refractivity (Wildman–Crippen MR) is 175 cm³/mol. The standard InChI is InChI=1S/C33H36ClN2O6PS/c1-32(2,3)28-27(29(37)33(4,5)6)44-31(35-28)36-30(38)25-19-24(34)17-18-26(25)42-43(39,40-20-22-13-9-7-10-14-22)41-21-23-15-11-8-12-16-23/h7-19H,20-21H2,1-6H3,(H,35,36,38). The van der Waals surface area contributed by atoms with Crippen molar-refractivity contribution in [1.29, 1.82) is 0 Å². The minimum absolute atomic E-state index is 0.0134. The largest absolute Gasteiger partial charge is 0.530 e. The Morgan fingerprint density at radius 3 is 1.91 bits per heavy atom. The van der Waals surface area contributed by atoms with Gasteiger partial charge in [0.05, 0.1) is 29.3 Å². The van der Waals surface area contributed by atoms with Crippen LogP contribution in [0.25, 0.3) is 0 Å². The molecule has 0 unspecified atom stereocenters. The van der Waals surface area contributed by atoms with Crippen molar-refractivity contribution in [3.8, 4) is 5.75 Å². The molecule has 1 aromatic heterocycles. The first-order valence-electron chi connectivity index (χ1n) is 14.0. The summed E-state index contributed by atoms with van der Waals surface area (Å²) in [5, 5.41) is 3.27. The van der Waals surface area contributed by atoms with E-state index in [9.17, 15) is 14.2 Å². The van der Waals surface area contributed by atoms with E-state index in [1.807, 2.05) is 102 Å². The van der Waals surface area contributed by atoms with Crippen LogP contribution in [0, 0.1) is 5.41 Å². The van der Waals surface area contributed by atoms with Gasteiger partial charge in [-0.1, -0.05) is 125 Å². The SMILES string of the molecule is CC(C)(C)C(=O)c1sc(NC(=O)c2cc(Cl)ccc2OP(=O)(OCc2ccccc2)OCc2ccccc2)nc1C(C)(C)C. The summed E-state index contributed by atoms with van der Waals surface area (Å²) in [4.78, 5) is 32.0. The molecule has 0 radical (unpaired) electrons. The summed E-state index contributed by atoms with van der Waals surface area (Å²) in [6.45, 7) is 11.3. The molecule has 3 aromatic carbocycles. The second kappa shape index (κ2) is 13.8. The lowest BCUT2D eigenvalue weighted by Crippen LogP contribution is -2.24. The molecule has 1 heterocycles. The highest BCUT2D eigenvalue weighted by Gasteiger charge is 2.34. The van der Waals surface area contributed by atoms with Gasteiger partial charge in [0.2, 0.25) is 0 Å². The zero-order valence-electron chi connectivity index (χ0n) is 25.5. The number of ketones is 1. The van der Waals surface area contributed by atoms with Crippen LogP contribution in [-0.2, 0) is 32.2 Å². The van der Waals surface area contributed by atoms with Crippen LogP contribution >= 0.6 is 30.8 Å². The number of aromatic nitrogens is 1. The first kappa shape index (κ1) is 33.6. The zero-order valence-corrected chi connectivity index (χ0v) is 28.0. The molecule has 0 aliphatic carbocycles. The molecule has 0 aliphatic rings. The number of hydrogen-bond acceptors (Lipinski definition) is 8. The quantitative estimate of drug-likeness (QED) is 0.127. The van der Waals surface area contributed by atoms with Gasteiger partial charge in [0.15, 0.2) is 10.9 Å². The summed E-state index contributed by atoms with van der Waals surface area (Å²) in [5.74, 6) is -0.752. The number of nitrogens with one attached hydrogen (secondary N) is 1. The fraction of sp³-hybridized carbons (Fsp3) is 0.303.